The fourth-order valence-electron chi connectivity index (χ4n) is 10.1. The fourth-order valence-corrected chi connectivity index (χ4v) is 10.1. The molecular weight excluding hydrogens is 1330 g/mol. The summed E-state index contributed by atoms with van der Waals surface area (Å²) in [5.41, 5.74) is 2.74. The molecule has 1 fully saturated rings. The molecule has 8 N–H and O–H groups in total. The molecule has 578 valence electrons. The SMILES string of the molecule is CC(C)(C)OC(=O)NCCOCCOCCNC(=O)CN1CCN(CC(=O)NCCOCCOCCNC(=O)OCC2c3ccccc3-c3ccccc32)CCN(CC(=O)NCCOCCOCCNC(=O)OC(C)(C)C)CCN(CC(=O)NCCOCCOCCNC(=O)OC(C)(C)C)CC1. The Morgan fingerprint density at radius 3 is 0.765 bits per heavy atom. The maximum absolute atomic E-state index is 13.6. The molecule has 1 aliphatic carbocycles. The zero-order chi connectivity index (χ0) is 74.3. The molecule has 2 aromatic rings. The van der Waals surface area contributed by atoms with Gasteiger partial charge in [0.15, 0.2) is 0 Å². The maximum Gasteiger partial charge on any atom is 0.407 e. The number of carbonyl (C=O) groups is 8. The molecule has 0 radical (unpaired) electrons. The summed E-state index contributed by atoms with van der Waals surface area (Å²) in [6, 6.07) is 16.3. The minimum atomic E-state index is -0.609. The second kappa shape index (κ2) is 50.3. The smallest absolute Gasteiger partial charge is 0.407 e. The molecule has 0 atom stereocenters. The zero-order valence-electron chi connectivity index (χ0n) is 61.8. The van der Waals surface area contributed by atoms with E-state index >= 15 is 0 Å². The normalized spacial score (nSPS) is 14.4. The largest absolute Gasteiger partial charge is 0.449 e. The van der Waals surface area contributed by atoms with Gasteiger partial charge in [-0.05, 0) is 84.6 Å². The summed E-state index contributed by atoms with van der Waals surface area (Å²) in [5, 5.41) is 22.4. The first-order valence-electron chi connectivity index (χ1n) is 35.4. The van der Waals surface area contributed by atoms with Crippen LogP contribution in [-0.4, -0.2) is 328 Å². The van der Waals surface area contributed by atoms with Gasteiger partial charge >= 0.3 is 24.4 Å². The average molecular weight is 1450 g/mol. The van der Waals surface area contributed by atoms with Crippen LogP contribution in [0.2, 0.25) is 0 Å². The van der Waals surface area contributed by atoms with Crippen molar-refractivity contribution in [3.05, 3.63) is 59.7 Å². The highest BCUT2D eigenvalue weighted by Crippen LogP contribution is 2.44. The van der Waals surface area contributed by atoms with Gasteiger partial charge in [-0.3, -0.25) is 38.8 Å². The lowest BCUT2D eigenvalue weighted by Crippen LogP contribution is -2.51. The first kappa shape index (κ1) is 87.3. The monoisotopic (exact) mass is 1450 g/mol. The minimum Gasteiger partial charge on any atom is -0.449 e. The molecule has 2 aromatic carbocycles. The summed E-state index contributed by atoms with van der Waals surface area (Å²) in [7, 11) is 0. The summed E-state index contributed by atoms with van der Waals surface area (Å²) in [4.78, 5) is 111. The fraction of sp³-hybridized carbons (Fsp3) is 0.714. The Morgan fingerprint density at radius 2 is 0.529 bits per heavy atom. The molecule has 32 heteroatoms. The van der Waals surface area contributed by atoms with E-state index in [1.165, 1.54) is 0 Å². The second-order valence-corrected chi connectivity index (χ2v) is 26.9. The van der Waals surface area contributed by atoms with Crippen LogP contribution in [0.5, 0.6) is 0 Å². The molecular formula is C70H118N12O20. The second-order valence-electron chi connectivity index (χ2n) is 26.9. The van der Waals surface area contributed by atoms with Gasteiger partial charge in [-0.25, -0.2) is 19.2 Å². The van der Waals surface area contributed by atoms with E-state index in [2.05, 4.69) is 66.8 Å². The molecule has 0 saturated carbocycles. The van der Waals surface area contributed by atoms with Crippen molar-refractivity contribution in [2.45, 2.75) is 85.0 Å². The van der Waals surface area contributed by atoms with E-state index in [0.29, 0.717) is 52.4 Å². The summed E-state index contributed by atoms with van der Waals surface area (Å²) in [6.45, 7) is 25.4. The summed E-state index contributed by atoms with van der Waals surface area (Å²) in [6.07, 6.45) is -2.11. The van der Waals surface area contributed by atoms with E-state index < -0.39 is 41.2 Å². The van der Waals surface area contributed by atoms with Gasteiger partial charge in [-0.15, -0.1) is 0 Å². The van der Waals surface area contributed by atoms with Gasteiger partial charge in [-0.2, -0.15) is 0 Å². The number of fused-ring (bicyclic) bond motifs is 3. The maximum atomic E-state index is 13.6. The molecule has 102 heavy (non-hydrogen) atoms. The van der Waals surface area contributed by atoms with Gasteiger partial charge < -0.3 is 99.4 Å². The van der Waals surface area contributed by atoms with Gasteiger partial charge in [0.05, 0.1) is 132 Å². The Hall–Kier alpha value is -7.08. The van der Waals surface area contributed by atoms with E-state index in [4.69, 9.17) is 56.8 Å². The van der Waals surface area contributed by atoms with Gasteiger partial charge in [0.25, 0.3) is 0 Å². The van der Waals surface area contributed by atoms with E-state index in [0.717, 1.165) is 22.3 Å². The molecule has 1 saturated heterocycles. The van der Waals surface area contributed by atoms with Crippen LogP contribution in [0.3, 0.4) is 0 Å². The van der Waals surface area contributed by atoms with Crippen molar-refractivity contribution < 1.29 is 95.2 Å². The lowest BCUT2D eigenvalue weighted by atomic mass is 9.98. The third-order valence-corrected chi connectivity index (χ3v) is 14.8. The number of carbonyl (C=O) groups excluding carboxylic acids is 8. The van der Waals surface area contributed by atoms with Crippen LogP contribution in [0.1, 0.15) is 79.4 Å². The molecule has 2 aliphatic rings. The van der Waals surface area contributed by atoms with E-state index in [1.807, 2.05) is 43.9 Å². The number of nitrogens with zero attached hydrogens (tertiary/aromatic N) is 4. The highest BCUT2D eigenvalue weighted by Gasteiger charge is 2.30. The lowest BCUT2D eigenvalue weighted by Gasteiger charge is -2.33. The van der Waals surface area contributed by atoms with Crippen molar-refractivity contribution in [3.8, 4) is 11.1 Å². The van der Waals surface area contributed by atoms with Gasteiger partial charge in [-0.1, -0.05) is 48.5 Å². The van der Waals surface area contributed by atoms with Crippen molar-refractivity contribution in [1.29, 1.82) is 0 Å². The molecule has 0 unspecified atom stereocenters. The van der Waals surface area contributed by atoms with Crippen molar-refractivity contribution in [2.24, 2.45) is 0 Å². The average Bonchev–Trinajstić information content (AvgIpc) is 1.62. The molecule has 32 nitrogen and oxygen atoms in total. The van der Waals surface area contributed by atoms with Crippen LogP contribution in [-0.2, 0) is 76.0 Å². The lowest BCUT2D eigenvalue weighted by molar-refractivity contribution is -0.125. The topological polar surface area (TPSA) is 357 Å². The van der Waals surface area contributed by atoms with Crippen LogP contribution < -0.4 is 42.5 Å². The first-order chi connectivity index (χ1) is 48.8. The summed E-state index contributed by atoms with van der Waals surface area (Å²) in [5.74, 6) is -1.04. The Kier molecular flexibility index (Phi) is 43.1. The summed E-state index contributed by atoms with van der Waals surface area (Å²) < 4.78 is 66.4. The Balaban J connectivity index is 1.28. The van der Waals surface area contributed by atoms with Crippen molar-refractivity contribution in [3.63, 3.8) is 0 Å². The number of ether oxygens (including phenoxy) is 12. The van der Waals surface area contributed by atoms with Crippen molar-refractivity contribution in [1.82, 2.24) is 62.1 Å². The number of rotatable bonds is 46. The molecule has 0 spiro atoms. The first-order valence-corrected chi connectivity index (χ1v) is 35.4. The molecule has 1 heterocycles. The molecule has 1 aliphatic heterocycles. The number of hydrogen-bond acceptors (Lipinski definition) is 24. The summed E-state index contributed by atoms with van der Waals surface area (Å²) >= 11 is 0. The van der Waals surface area contributed by atoms with Crippen molar-refractivity contribution >= 4 is 48.0 Å². The van der Waals surface area contributed by atoms with E-state index in [9.17, 15) is 38.4 Å². The van der Waals surface area contributed by atoms with E-state index in [1.54, 1.807) is 62.3 Å². The van der Waals surface area contributed by atoms with Gasteiger partial charge in [0.2, 0.25) is 23.6 Å². The minimum absolute atomic E-state index is 0.0127. The molecule has 4 rings (SSSR count). The standard InChI is InChI=1S/C70H118N12O20/c1-68(2,3)100-65(88)76-23-39-96-47-43-92-35-19-72-61(84)51-80-28-26-79(50-60(83)71-18-34-91-42-46-95-38-22-75-64(87)99-54-59-57-16-12-10-14-55(57)56-15-11-13-17-58(56)59)27-29-81(52-62(85)73-20-36-93-44-48-97-40-24-77-66(89)101-69(4,5)6)31-33-82(32-30-80)53-63(86)74-21-37-94-45-49-98-41-25-78-67(90)102-70(7,8)9/h10-17,59H,18-54H2,1-9H3,(H,71,83)(H,72,84)(H,73,85)(H,74,86)(H,75,87)(H,76,88)(H,77,89)(H,78,90). The van der Waals surface area contributed by atoms with Crippen LogP contribution in [0.25, 0.3) is 11.1 Å². The molecule has 0 bridgehead atoms. The van der Waals surface area contributed by atoms with Crippen LogP contribution in [0.4, 0.5) is 19.2 Å². The third kappa shape index (κ3) is 43.1. The number of nitrogens with one attached hydrogen (secondary N) is 8. The van der Waals surface area contributed by atoms with Crippen LogP contribution >= 0.6 is 0 Å². The van der Waals surface area contributed by atoms with Crippen molar-refractivity contribution in [2.75, 3.05) is 243 Å². The number of hydrogen-bond donors (Lipinski definition) is 8. The highest BCUT2D eigenvalue weighted by atomic mass is 16.6. The van der Waals surface area contributed by atoms with Crippen LogP contribution in [0.15, 0.2) is 48.5 Å². The Bertz CT molecular complexity index is 2630. The number of benzene rings is 2. The zero-order valence-corrected chi connectivity index (χ0v) is 61.8. The van der Waals surface area contributed by atoms with E-state index in [-0.39, 0.29) is 220 Å². The highest BCUT2D eigenvalue weighted by molar-refractivity contribution is 5.80. The Labute approximate surface area is 602 Å². The van der Waals surface area contributed by atoms with Gasteiger partial charge in [0.1, 0.15) is 23.4 Å². The predicted octanol–water partition coefficient (Wildman–Crippen LogP) is 1.92. The molecule has 0 aromatic heterocycles. The Morgan fingerprint density at radius 1 is 0.314 bits per heavy atom. The molecule has 8 amide bonds. The quantitative estimate of drug-likeness (QED) is 0.0347. The number of alkyl carbamates (subject to hydrolysis) is 4. The third-order valence-electron chi connectivity index (χ3n) is 14.8. The predicted molar refractivity (Wildman–Crippen MR) is 380 cm³/mol. The van der Waals surface area contributed by atoms with Gasteiger partial charge in [0, 0.05) is 111 Å². The number of amides is 8. The van der Waals surface area contributed by atoms with Crippen LogP contribution in [0, 0.1) is 0 Å².